The summed E-state index contributed by atoms with van der Waals surface area (Å²) in [7, 11) is 0. The van der Waals surface area contributed by atoms with Crippen molar-refractivity contribution in [2.75, 3.05) is 6.61 Å². The van der Waals surface area contributed by atoms with Crippen LogP contribution in [0.25, 0.3) is 16.6 Å². The molecule has 3 aromatic heterocycles. The van der Waals surface area contributed by atoms with Gasteiger partial charge in [-0.15, -0.1) is 0 Å². The zero-order valence-corrected chi connectivity index (χ0v) is 10.8. The number of fused-ring (bicyclic) bond motifs is 1. The fourth-order valence-corrected chi connectivity index (χ4v) is 2.11. The van der Waals surface area contributed by atoms with Crippen molar-refractivity contribution in [2.45, 2.75) is 13.0 Å². The van der Waals surface area contributed by atoms with Gasteiger partial charge >= 0.3 is 0 Å². The highest BCUT2D eigenvalue weighted by Crippen LogP contribution is 2.20. The van der Waals surface area contributed by atoms with Crippen LogP contribution in [0.5, 0.6) is 0 Å². The van der Waals surface area contributed by atoms with Crippen LogP contribution in [0.2, 0.25) is 0 Å². The maximum Gasteiger partial charge on any atom is 0.103 e. The highest BCUT2D eigenvalue weighted by molar-refractivity contribution is 5.67. The lowest BCUT2D eigenvalue weighted by molar-refractivity contribution is 0.277. The molecule has 0 unspecified atom stereocenters. The van der Waals surface area contributed by atoms with E-state index < -0.39 is 0 Å². The predicted octanol–water partition coefficient (Wildman–Crippen LogP) is 1.45. The van der Waals surface area contributed by atoms with Crippen LogP contribution in [0.4, 0.5) is 0 Å². The zero-order chi connectivity index (χ0) is 13.9. The van der Waals surface area contributed by atoms with Crippen LogP contribution in [0.3, 0.4) is 0 Å². The standard InChI is InChI=1S/C14H13N5O/c15-6-12-7-17-19-10-11(2-3-14(12)19)13-8-16-18(9-13)4-1-5-20/h2-3,7-10,20H,1,4-5H2. The number of pyridine rings is 1. The maximum atomic E-state index is 8.96. The molecule has 3 rings (SSSR count). The molecule has 0 saturated carbocycles. The fourth-order valence-electron chi connectivity index (χ4n) is 2.11. The lowest BCUT2D eigenvalue weighted by Crippen LogP contribution is -1.99. The van der Waals surface area contributed by atoms with Crippen molar-refractivity contribution in [3.05, 3.63) is 42.5 Å². The molecule has 100 valence electrons. The van der Waals surface area contributed by atoms with Crippen LogP contribution in [-0.4, -0.2) is 31.1 Å². The van der Waals surface area contributed by atoms with E-state index in [4.69, 9.17) is 10.4 Å². The van der Waals surface area contributed by atoms with Crippen LogP contribution < -0.4 is 0 Å². The molecule has 6 heteroatoms. The Morgan fingerprint density at radius 2 is 2.05 bits per heavy atom. The average molecular weight is 267 g/mol. The summed E-state index contributed by atoms with van der Waals surface area (Å²) >= 11 is 0. The molecule has 1 N–H and O–H groups in total. The molecule has 3 aromatic rings. The Morgan fingerprint density at radius 3 is 2.85 bits per heavy atom. The highest BCUT2D eigenvalue weighted by atomic mass is 16.3. The number of hydrogen-bond acceptors (Lipinski definition) is 4. The van der Waals surface area contributed by atoms with Gasteiger partial charge in [-0.25, -0.2) is 4.52 Å². The van der Waals surface area contributed by atoms with E-state index in [1.807, 2.05) is 24.5 Å². The molecule has 0 aliphatic heterocycles. The van der Waals surface area contributed by atoms with Gasteiger partial charge in [-0.2, -0.15) is 15.5 Å². The van der Waals surface area contributed by atoms with Crippen molar-refractivity contribution < 1.29 is 5.11 Å². The van der Waals surface area contributed by atoms with Gasteiger partial charge in [-0.1, -0.05) is 6.07 Å². The lowest BCUT2D eigenvalue weighted by atomic mass is 10.1. The predicted molar refractivity (Wildman–Crippen MR) is 72.8 cm³/mol. The van der Waals surface area contributed by atoms with E-state index in [9.17, 15) is 0 Å². The van der Waals surface area contributed by atoms with Gasteiger partial charge in [-0.05, 0) is 12.5 Å². The summed E-state index contributed by atoms with van der Waals surface area (Å²) in [6, 6.07) is 5.94. The van der Waals surface area contributed by atoms with Crippen molar-refractivity contribution >= 4 is 5.52 Å². The topological polar surface area (TPSA) is 79.1 Å². The van der Waals surface area contributed by atoms with E-state index in [1.165, 1.54) is 0 Å². The number of aromatic nitrogens is 4. The van der Waals surface area contributed by atoms with E-state index in [2.05, 4.69) is 16.3 Å². The summed E-state index contributed by atoms with van der Waals surface area (Å²) in [6.07, 6.45) is 7.84. The Bertz CT molecular complexity index is 780. The Kier molecular flexibility index (Phi) is 3.19. The van der Waals surface area contributed by atoms with Crippen molar-refractivity contribution in [3.8, 4) is 17.2 Å². The molecular formula is C14H13N5O. The Hall–Kier alpha value is -2.65. The van der Waals surface area contributed by atoms with Gasteiger partial charge in [0, 0.05) is 36.7 Å². The van der Waals surface area contributed by atoms with Crippen molar-refractivity contribution in [1.82, 2.24) is 19.4 Å². The molecule has 3 heterocycles. The van der Waals surface area contributed by atoms with Crippen LogP contribution in [0.15, 0.2) is 36.9 Å². The van der Waals surface area contributed by atoms with Crippen LogP contribution in [0, 0.1) is 11.3 Å². The molecule has 0 saturated heterocycles. The summed E-state index contributed by atoms with van der Waals surface area (Å²) in [4.78, 5) is 0. The highest BCUT2D eigenvalue weighted by Gasteiger charge is 2.06. The van der Waals surface area contributed by atoms with E-state index in [-0.39, 0.29) is 6.61 Å². The molecule has 6 nitrogen and oxygen atoms in total. The van der Waals surface area contributed by atoms with E-state index in [0.717, 1.165) is 16.6 Å². The van der Waals surface area contributed by atoms with E-state index in [0.29, 0.717) is 18.5 Å². The third-order valence-corrected chi connectivity index (χ3v) is 3.15. The summed E-state index contributed by atoms with van der Waals surface area (Å²) in [5, 5.41) is 26.2. The van der Waals surface area contributed by atoms with Gasteiger partial charge < -0.3 is 5.11 Å². The third-order valence-electron chi connectivity index (χ3n) is 3.15. The lowest BCUT2D eigenvalue weighted by Gasteiger charge is -2.00. The number of aryl methyl sites for hydroxylation is 1. The largest absolute Gasteiger partial charge is 0.396 e. The first-order valence-corrected chi connectivity index (χ1v) is 6.33. The minimum absolute atomic E-state index is 0.158. The average Bonchev–Trinajstić information content (AvgIpc) is 3.10. The molecule has 0 spiro atoms. The molecule has 20 heavy (non-hydrogen) atoms. The number of aliphatic hydroxyl groups is 1. The number of nitrogens with zero attached hydrogens (tertiary/aromatic N) is 5. The minimum atomic E-state index is 0.158. The molecule has 0 aromatic carbocycles. The van der Waals surface area contributed by atoms with Crippen LogP contribution >= 0.6 is 0 Å². The Morgan fingerprint density at radius 1 is 1.15 bits per heavy atom. The first-order valence-electron chi connectivity index (χ1n) is 6.33. The van der Waals surface area contributed by atoms with Gasteiger partial charge in [0.25, 0.3) is 0 Å². The second-order valence-electron chi connectivity index (χ2n) is 4.49. The minimum Gasteiger partial charge on any atom is -0.396 e. The normalized spacial score (nSPS) is 10.8. The fraction of sp³-hybridized carbons (Fsp3) is 0.214. The van der Waals surface area contributed by atoms with Gasteiger partial charge in [-0.3, -0.25) is 4.68 Å². The molecule has 0 amide bonds. The first-order chi connectivity index (χ1) is 9.81. The van der Waals surface area contributed by atoms with E-state index in [1.54, 1.807) is 21.6 Å². The molecule has 0 aliphatic carbocycles. The number of rotatable bonds is 4. The van der Waals surface area contributed by atoms with Crippen molar-refractivity contribution in [2.24, 2.45) is 0 Å². The van der Waals surface area contributed by atoms with Gasteiger partial charge in [0.05, 0.1) is 23.5 Å². The van der Waals surface area contributed by atoms with Crippen molar-refractivity contribution in [1.29, 1.82) is 5.26 Å². The second kappa shape index (κ2) is 5.15. The smallest absolute Gasteiger partial charge is 0.103 e. The molecule has 0 atom stereocenters. The summed E-state index contributed by atoms with van der Waals surface area (Å²) in [5.74, 6) is 0. The number of nitriles is 1. The Labute approximate surface area is 115 Å². The van der Waals surface area contributed by atoms with Gasteiger partial charge in [0.2, 0.25) is 0 Å². The summed E-state index contributed by atoms with van der Waals surface area (Å²) < 4.78 is 3.50. The van der Waals surface area contributed by atoms with E-state index >= 15 is 0 Å². The zero-order valence-electron chi connectivity index (χ0n) is 10.8. The Balaban J connectivity index is 1.94. The molecule has 0 fully saturated rings. The summed E-state index contributed by atoms with van der Waals surface area (Å²) in [5.41, 5.74) is 3.33. The summed E-state index contributed by atoms with van der Waals surface area (Å²) in [6.45, 7) is 0.852. The molecule has 0 aliphatic rings. The second-order valence-corrected chi connectivity index (χ2v) is 4.49. The maximum absolute atomic E-state index is 8.96. The van der Waals surface area contributed by atoms with Crippen LogP contribution in [-0.2, 0) is 6.54 Å². The van der Waals surface area contributed by atoms with Crippen LogP contribution in [0.1, 0.15) is 12.0 Å². The molecule has 0 radical (unpaired) electrons. The number of hydrogen-bond donors (Lipinski definition) is 1. The SMILES string of the molecule is N#Cc1cnn2cc(-c3cnn(CCCO)c3)ccc12. The first kappa shape index (κ1) is 12.4. The van der Waals surface area contributed by atoms with Crippen molar-refractivity contribution in [3.63, 3.8) is 0 Å². The number of aliphatic hydroxyl groups excluding tert-OH is 1. The molecule has 0 bridgehead atoms. The third kappa shape index (κ3) is 2.15. The monoisotopic (exact) mass is 267 g/mol. The molecular weight excluding hydrogens is 254 g/mol. The van der Waals surface area contributed by atoms with Gasteiger partial charge in [0.15, 0.2) is 0 Å². The van der Waals surface area contributed by atoms with Gasteiger partial charge in [0.1, 0.15) is 6.07 Å². The quantitative estimate of drug-likeness (QED) is 0.776.